The van der Waals surface area contributed by atoms with E-state index in [1.165, 1.54) is 238 Å². The molecule has 0 aliphatic heterocycles. The quantitative estimate of drug-likeness (QED) is 0.0222. The first-order valence-electron chi connectivity index (χ1n) is 42.5. The van der Waals surface area contributed by atoms with Gasteiger partial charge in [-0.2, -0.15) is 0 Å². The summed E-state index contributed by atoms with van der Waals surface area (Å²) in [7, 11) is -9.91. The summed E-state index contributed by atoms with van der Waals surface area (Å²) in [6.07, 6.45) is 64.0. The van der Waals surface area contributed by atoms with Crippen molar-refractivity contribution in [2.75, 3.05) is 39.6 Å². The number of phosphoric acid groups is 2. The van der Waals surface area contributed by atoms with Gasteiger partial charge in [0.15, 0.2) is 12.2 Å². The lowest BCUT2D eigenvalue weighted by atomic mass is 9.99. The van der Waals surface area contributed by atoms with Gasteiger partial charge in [-0.25, -0.2) is 9.13 Å². The van der Waals surface area contributed by atoms with Crippen molar-refractivity contribution in [3.8, 4) is 0 Å². The lowest BCUT2D eigenvalue weighted by molar-refractivity contribution is -0.161. The number of hydrogen-bond donors (Lipinski definition) is 3. The Hall–Kier alpha value is -1.94. The standard InChI is InChI=1S/C82H160O17P2/c1-7-10-12-14-16-17-18-19-31-37-42-48-54-60-66-81(86)98-77(70-92-79(84)64-58-52-44-15-13-11-8-2)72-96-100(88,89)94-68-76(83)69-95-101(90,91)97-73-78(71-93-80(85)65-59-53-47-41-36-32-28-24-25-29-34-39-45-50-56-62-74(4)5)99-82(87)67-61-55-49-43-38-33-27-23-21-20-22-26-30-35-40-46-51-57-63-75(6)9-3/h74-78,83H,7-73H2,1-6H3,(H,88,89)(H,90,91)/t75?,76-,77+,78+/m0/s1. The molecule has 3 N–H and O–H groups in total. The van der Waals surface area contributed by atoms with Crippen LogP contribution in [0.15, 0.2) is 0 Å². The molecule has 0 spiro atoms. The Bertz CT molecular complexity index is 1940. The molecular weight excluding hydrogens is 1320 g/mol. The highest BCUT2D eigenvalue weighted by Gasteiger charge is 2.30. The third-order valence-electron chi connectivity index (χ3n) is 19.6. The first kappa shape index (κ1) is 99.1. The SMILES string of the molecule is CCCCCCCCCCCCCCCCC(=O)O[C@H](COC(=O)CCCCCCCCC)COP(=O)(O)OC[C@H](O)COP(=O)(O)OC[C@@H](COC(=O)CCCCCCCCCCCCCCCCCC(C)C)OC(=O)CCCCCCCCCCCCCCCCCCCCC(C)CC. The predicted octanol–water partition coefficient (Wildman–Crippen LogP) is 24.7. The van der Waals surface area contributed by atoms with Gasteiger partial charge in [-0.3, -0.25) is 37.3 Å². The van der Waals surface area contributed by atoms with E-state index in [0.717, 1.165) is 115 Å². The van der Waals surface area contributed by atoms with Gasteiger partial charge in [-0.1, -0.05) is 382 Å². The Kier molecular flexibility index (Phi) is 72.2. The first-order valence-corrected chi connectivity index (χ1v) is 45.5. The van der Waals surface area contributed by atoms with E-state index < -0.39 is 97.5 Å². The molecule has 0 aliphatic rings. The van der Waals surface area contributed by atoms with Crippen molar-refractivity contribution in [3.05, 3.63) is 0 Å². The Morgan fingerprint density at radius 3 is 0.752 bits per heavy atom. The van der Waals surface area contributed by atoms with Crippen LogP contribution in [0.25, 0.3) is 0 Å². The minimum absolute atomic E-state index is 0.108. The maximum absolute atomic E-state index is 13.1. The highest BCUT2D eigenvalue weighted by Crippen LogP contribution is 2.45. The van der Waals surface area contributed by atoms with Crippen LogP contribution in [-0.4, -0.2) is 96.7 Å². The Labute approximate surface area is 619 Å². The fraction of sp³-hybridized carbons (Fsp3) is 0.951. The van der Waals surface area contributed by atoms with E-state index in [4.69, 9.17) is 37.0 Å². The minimum Gasteiger partial charge on any atom is -0.462 e. The van der Waals surface area contributed by atoms with Crippen LogP contribution < -0.4 is 0 Å². The summed E-state index contributed by atoms with van der Waals surface area (Å²) < 4.78 is 68.6. The van der Waals surface area contributed by atoms with Crippen molar-refractivity contribution in [1.29, 1.82) is 0 Å². The summed E-state index contributed by atoms with van der Waals surface area (Å²) in [5, 5.41) is 10.6. The number of unbranched alkanes of at least 4 members (excludes halogenated alkanes) is 50. The van der Waals surface area contributed by atoms with E-state index >= 15 is 0 Å². The second-order valence-corrected chi connectivity index (χ2v) is 33.1. The fourth-order valence-corrected chi connectivity index (χ4v) is 14.3. The third-order valence-corrected chi connectivity index (χ3v) is 21.5. The van der Waals surface area contributed by atoms with Gasteiger partial charge in [0.05, 0.1) is 26.4 Å². The smallest absolute Gasteiger partial charge is 0.462 e. The van der Waals surface area contributed by atoms with E-state index in [-0.39, 0.29) is 25.7 Å². The van der Waals surface area contributed by atoms with Crippen molar-refractivity contribution in [1.82, 2.24) is 0 Å². The second-order valence-electron chi connectivity index (χ2n) is 30.2. The zero-order chi connectivity index (χ0) is 74.2. The Morgan fingerprint density at radius 1 is 0.287 bits per heavy atom. The molecule has 19 heteroatoms. The van der Waals surface area contributed by atoms with Crippen LogP contribution in [0.1, 0.15) is 433 Å². The Balaban J connectivity index is 5.17. The average molecular weight is 1480 g/mol. The molecular formula is C82H160O17P2. The van der Waals surface area contributed by atoms with Gasteiger partial charge in [0, 0.05) is 25.7 Å². The molecule has 0 aromatic rings. The van der Waals surface area contributed by atoms with Gasteiger partial charge >= 0.3 is 39.5 Å². The van der Waals surface area contributed by atoms with Gasteiger partial charge in [0.1, 0.15) is 19.3 Å². The molecule has 3 unspecified atom stereocenters. The van der Waals surface area contributed by atoms with E-state index in [1.54, 1.807) is 0 Å². The zero-order valence-electron chi connectivity index (χ0n) is 66.2. The largest absolute Gasteiger partial charge is 0.472 e. The molecule has 0 aliphatic carbocycles. The van der Waals surface area contributed by atoms with Crippen molar-refractivity contribution in [2.45, 2.75) is 452 Å². The number of ether oxygens (including phenoxy) is 4. The van der Waals surface area contributed by atoms with Crippen LogP contribution in [0.3, 0.4) is 0 Å². The van der Waals surface area contributed by atoms with E-state index in [0.29, 0.717) is 25.7 Å². The average Bonchev–Trinajstić information content (AvgIpc) is 0.950. The topological polar surface area (TPSA) is 237 Å². The van der Waals surface area contributed by atoms with Crippen molar-refractivity contribution in [2.24, 2.45) is 11.8 Å². The summed E-state index contributed by atoms with van der Waals surface area (Å²) in [5.41, 5.74) is 0. The molecule has 0 fully saturated rings. The molecule has 101 heavy (non-hydrogen) atoms. The summed E-state index contributed by atoms with van der Waals surface area (Å²) in [6, 6.07) is 0. The number of carbonyl (C=O) groups excluding carboxylic acids is 4. The van der Waals surface area contributed by atoms with Crippen molar-refractivity contribution >= 4 is 39.5 Å². The van der Waals surface area contributed by atoms with Crippen molar-refractivity contribution in [3.63, 3.8) is 0 Å². The highest BCUT2D eigenvalue weighted by molar-refractivity contribution is 7.47. The summed E-state index contributed by atoms with van der Waals surface area (Å²) in [6.45, 7) is 9.70. The molecule has 0 amide bonds. The molecule has 17 nitrogen and oxygen atoms in total. The molecule has 0 saturated heterocycles. The number of carbonyl (C=O) groups is 4. The molecule has 0 aromatic carbocycles. The predicted molar refractivity (Wildman–Crippen MR) is 414 cm³/mol. The monoisotopic (exact) mass is 1480 g/mol. The molecule has 0 heterocycles. The minimum atomic E-state index is -4.96. The summed E-state index contributed by atoms with van der Waals surface area (Å²) in [4.78, 5) is 72.9. The number of aliphatic hydroxyl groups excluding tert-OH is 1. The molecule has 0 aromatic heterocycles. The van der Waals surface area contributed by atoms with Gasteiger partial charge in [-0.15, -0.1) is 0 Å². The molecule has 0 bridgehead atoms. The van der Waals surface area contributed by atoms with Crippen LogP contribution in [0, 0.1) is 11.8 Å². The van der Waals surface area contributed by atoms with Crippen LogP contribution in [0.5, 0.6) is 0 Å². The fourth-order valence-electron chi connectivity index (χ4n) is 12.7. The van der Waals surface area contributed by atoms with E-state index in [2.05, 4.69) is 41.5 Å². The normalized spacial score (nSPS) is 14.2. The van der Waals surface area contributed by atoms with Crippen LogP contribution in [-0.2, 0) is 65.4 Å². The van der Waals surface area contributed by atoms with E-state index in [9.17, 15) is 43.2 Å². The second kappa shape index (κ2) is 73.6. The van der Waals surface area contributed by atoms with Gasteiger partial charge in [0.2, 0.25) is 0 Å². The number of phosphoric ester groups is 2. The molecule has 0 radical (unpaired) electrons. The van der Waals surface area contributed by atoms with Gasteiger partial charge in [-0.05, 0) is 37.5 Å². The molecule has 600 valence electrons. The number of aliphatic hydroxyl groups is 1. The van der Waals surface area contributed by atoms with Gasteiger partial charge in [0.25, 0.3) is 0 Å². The van der Waals surface area contributed by atoms with Crippen LogP contribution >= 0.6 is 15.6 Å². The molecule has 0 rings (SSSR count). The van der Waals surface area contributed by atoms with E-state index in [1.807, 2.05) is 0 Å². The maximum atomic E-state index is 13.1. The summed E-state index contributed by atoms with van der Waals surface area (Å²) in [5.74, 6) is -0.434. The summed E-state index contributed by atoms with van der Waals surface area (Å²) >= 11 is 0. The Morgan fingerprint density at radius 2 is 0.505 bits per heavy atom. The van der Waals surface area contributed by atoms with Gasteiger partial charge < -0.3 is 33.8 Å². The van der Waals surface area contributed by atoms with Crippen LogP contribution in [0.2, 0.25) is 0 Å². The number of esters is 4. The van der Waals surface area contributed by atoms with Crippen molar-refractivity contribution < 1.29 is 80.2 Å². The maximum Gasteiger partial charge on any atom is 0.472 e. The highest BCUT2D eigenvalue weighted by atomic mass is 31.2. The zero-order valence-corrected chi connectivity index (χ0v) is 68.0. The first-order chi connectivity index (χ1) is 48.9. The lowest BCUT2D eigenvalue weighted by Crippen LogP contribution is -2.30. The number of rotatable bonds is 81. The number of hydrogen-bond acceptors (Lipinski definition) is 15. The molecule has 0 saturated carbocycles. The molecule has 6 atom stereocenters. The lowest BCUT2D eigenvalue weighted by Gasteiger charge is -2.21. The third kappa shape index (κ3) is 74.7. The van der Waals surface area contributed by atoms with Crippen LogP contribution in [0.4, 0.5) is 0 Å².